The molecule has 2 amide bonds. The first-order valence-corrected chi connectivity index (χ1v) is 8.70. The van der Waals surface area contributed by atoms with E-state index in [1.807, 2.05) is 6.07 Å². The Labute approximate surface area is 149 Å². The minimum absolute atomic E-state index is 0.152. The molecule has 1 aromatic carbocycles. The number of aromatic hydroxyl groups is 1. The van der Waals surface area contributed by atoms with Crippen molar-refractivity contribution in [1.29, 1.82) is 0 Å². The summed E-state index contributed by atoms with van der Waals surface area (Å²) in [7, 11) is 0. The molecule has 0 aliphatic heterocycles. The van der Waals surface area contributed by atoms with E-state index in [4.69, 9.17) is 4.74 Å². The summed E-state index contributed by atoms with van der Waals surface area (Å²) >= 11 is 0. The van der Waals surface area contributed by atoms with E-state index < -0.39 is 17.7 Å². The first kappa shape index (κ1) is 19.1. The predicted octanol–water partition coefficient (Wildman–Crippen LogP) is 3.04. The summed E-state index contributed by atoms with van der Waals surface area (Å²) in [5, 5.41) is 12.2. The smallest absolute Gasteiger partial charge is 0.408 e. The molecule has 1 aromatic rings. The summed E-state index contributed by atoms with van der Waals surface area (Å²) in [6.45, 7) is 8.06. The van der Waals surface area contributed by atoms with Gasteiger partial charge in [0.15, 0.2) is 0 Å². The number of carbonyl (C=O) groups excluding carboxylic acids is 2. The van der Waals surface area contributed by atoms with Crippen LogP contribution in [-0.2, 0) is 16.1 Å². The number of phenols is 1. The predicted molar refractivity (Wildman–Crippen MR) is 95.1 cm³/mol. The summed E-state index contributed by atoms with van der Waals surface area (Å²) in [5.74, 6) is 0.548. The van der Waals surface area contributed by atoms with Crippen molar-refractivity contribution in [3.05, 3.63) is 29.8 Å². The third kappa shape index (κ3) is 6.64. The van der Waals surface area contributed by atoms with Crippen molar-refractivity contribution in [2.45, 2.75) is 58.7 Å². The molecule has 1 saturated carbocycles. The molecule has 1 fully saturated rings. The monoisotopic (exact) mass is 348 g/mol. The lowest BCUT2D eigenvalue weighted by molar-refractivity contribution is -0.134. The number of alkyl carbamates (subject to hydrolysis) is 1. The van der Waals surface area contributed by atoms with Gasteiger partial charge in [0.1, 0.15) is 17.4 Å². The van der Waals surface area contributed by atoms with Gasteiger partial charge in [-0.05, 0) is 64.2 Å². The summed E-state index contributed by atoms with van der Waals surface area (Å²) in [5.41, 5.74) is 0.251. The Morgan fingerprint density at radius 1 is 1.36 bits per heavy atom. The van der Waals surface area contributed by atoms with Crippen LogP contribution >= 0.6 is 0 Å². The highest BCUT2D eigenvalue weighted by Crippen LogP contribution is 2.30. The highest BCUT2D eigenvalue weighted by Gasteiger charge is 2.30. The number of amides is 2. The molecule has 6 nitrogen and oxygen atoms in total. The number of hydrogen-bond acceptors (Lipinski definition) is 4. The van der Waals surface area contributed by atoms with Crippen LogP contribution in [0.1, 0.15) is 46.1 Å². The van der Waals surface area contributed by atoms with Gasteiger partial charge in [0.05, 0.1) is 0 Å². The summed E-state index contributed by atoms with van der Waals surface area (Å²) < 4.78 is 5.21. The average Bonchev–Trinajstić information content (AvgIpc) is 3.27. The molecule has 0 radical (unpaired) electrons. The standard InChI is InChI=1S/C19H28N2O4/c1-13(20-18(24)25-19(2,3)4)17(23)21(11-14-8-9-14)12-15-6-5-7-16(22)10-15/h5-7,10,13-14,22H,8-9,11-12H2,1-4H3,(H,20,24)/t13-/m1/s1. The zero-order valence-electron chi connectivity index (χ0n) is 15.4. The van der Waals surface area contributed by atoms with Crippen LogP contribution in [0.4, 0.5) is 4.79 Å². The maximum Gasteiger partial charge on any atom is 0.408 e. The Hall–Kier alpha value is -2.24. The first-order valence-electron chi connectivity index (χ1n) is 8.70. The molecule has 0 bridgehead atoms. The molecule has 1 atom stereocenters. The Morgan fingerprint density at radius 2 is 2.04 bits per heavy atom. The van der Waals surface area contributed by atoms with E-state index >= 15 is 0 Å². The lowest BCUT2D eigenvalue weighted by Crippen LogP contribution is -2.48. The van der Waals surface area contributed by atoms with Gasteiger partial charge in [-0.3, -0.25) is 4.79 Å². The summed E-state index contributed by atoms with van der Waals surface area (Å²) in [6, 6.07) is 6.21. The Morgan fingerprint density at radius 3 is 2.60 bits per heavy atom. The number of phenolic OH excluding ortho intramolecular Hbond substituents is 1. The normalized spacial score (nSPS) is 15.4. The lowest BCUT2D eigenvalue weighted by atomic mass is 10.1. The molecular weight excluding hydrogens is 320 g/mol. The number of carbonyl (C=O) groups is 2. The van der Waals surface area contributed by atoms with Gasteiger partial charge in [-0.2, -0.15) is 0 Å². The fourth-order valence-corrected chi connectivity index (χ4v) is 2.54. The second kappa shape index (κ2) is 7.76. The maximum absolute atomic E-state index is 12.8. The van der Waals surface area contributed by atoms with Crippen molar-refractivity contribution in [3.63, 3.8) is 0 Å². The van der Waals surface area contributed by atoms with E-state index in [1.165, 1.54) is 0 Å². The van der Waals surface area contributed by atoms with Gasteiger partial charge < -0.3 is 20.1 Å². The number of hydrogen-bond donors (Lipinski definition) is 2. The zero-order chi connectivity index (χ0) is 18.6. The Balaban J connectivity index is 2.00. The largest absolute Gasteiger partial charge is 0.508 e. The topological polar surface area (TPSA) is 78.9 Å². The van der Waals surface area contributed by atoms with Gasteiger partial charge >= 0.3 is 6.09 Å². The maximum atomic E-state index is 12.8. The molecule has 1 aliphatic carbocycles. The van der Waals surface area contributed by atoms with Crippen LogP contribution in [0.5, 0.6) is 5.75 Å². The number of benzene rings is 1. The van der Waals surface area contributed by atoms with E-state index in [2.05, 4.69) is 5.32 Å². The molecule has 2 N–H and O–H groups in total. The van der Waals surface area contributed by atoms with Crippen LogP contribution in [0.25, 0.3) is 0 Å². The van der Waals surface area contributed by atoms with Crippen molar-refractivity contribution in [2.75, 3.05) is 6.54 Å². The molecule has 25 heavy (non-hydrogen) atoms. The molecule has 1 aliphatic rings. The van der Waals surface area contributed by atoms with E-state index in [0.29, 0.717) is 19.0 Å². The van der Waals surface area contributed by atoms with Gasteiger partial charge in [-0.15, -0.1) is 0 Å². The van der Waals surface area contributed by atoms with Gasteiger partial charge in [0, 0.05) is 13.1 Å². The van der Waals surface area contributed by atoms with Crippen LogP contribution in [0.3, 0.4) is 0 Å². The Kier molecular flexibility index (Phi) is 5.93. The zero-order valence-corrected chi connectivity index (χ0v) is 15.4. The van der Waals surface area contributed by atoms with Crippen molar-refractivity contribution in [1.82, 2.24) is 10.2 Å². The number of ether oxygens (including phenoxy) is 1. The average molecular weight is 348 g/mol. The SMILES string of the molecule is C[C@@H](NC(=O)OC(C)(C)C)C(=O)N(Cc1cccc(O)c1)CC1CC1. The molecule has 0 saturated heterocycles. The summed E-state index contributed by atoms with van der Waals surface area (Å²) in [4.78, 5) is 26.4. The molecule has 0 heterocycles. The van der Waals surface area contributed by atoms with Gasteiger partial charge in [-0.25, -0.2) is 4.79 Å². The van der Waals surface area contributed by atoms with Gasteiger partial charge in [-0.1, -0.05) is 12.1 Å². The van der Waals surface area contributed by atoms with E-state index in [9.17, 15) is 14.7 Å². The Bertz CT molecular complexity index is 620. The van der Waals surface area contributed by atoms with Crippen LogP contribution in [-0.4, -0.2) is 40.2 Å². The van der Waals surface area contributed by atoms with E-state index in [0.717, 1.165) is 18.4 Å². The van der Waals surface area contributed by atoms with E-state index in [-0.39, 0.29) is 11.7 Å². The molecule has 0 aromatic heterocycles. The van der Waals surface area contributed by atoms with Gasteiger partial charge in [0.2, 0.25) is 5.91 Å². The molecule has 0 unspecified atom stereocenters. The third-order valence-corrected chi connectivity index (χ3v) is 3.87. The van der Waals surface area contributed by atoms with Crippen LogP contribution in [0, 0.1) is 5.92 Å². The minimum atomic E-state index is -0.675. The molecule has 2 rings (SSSR count). The first-order chi connectivity index (χ1) is 11.6. The number of rotatable bonds is 6. The molecule has 0 spiro atoms. The second-order valence-electron chi connectivity index (χ2n) is 7.70. The lowest BCUT2D eigenvalue weighted by Gasteiger charge is -2.27. The van der Waals surface area contributed by atoms with Crippen LogP contribution in [0.15, 0.2) is 24.3 Å². The number of nitrogens with one attached hydrogen (secondary N) is 1. The number of nitrogens with zero attached hydrogens (tertiary/aromatic N) is 1. The fraction of sp³-hybridized carbons (Fsp3) is 0.579. The van der Waals surface area contributed by atoms with Crippen LogP contribution < -0.4 is 5.32 Å². The second-order valence-corrected chi connectivity index (χ2v) is 7.70. The quantitative estimate of drug-likeness (QED) is 0.828. The minimum Gasteiger partial charge on any atom is -0.508 e. The molecular formula is C19H28N2O4. The van der Waals surface area contributed by atoms with Gasteiger partial charge in [0.25, 0.3) is 0 Å². The van der Waals surface area contributed by atoms with Crippen molar-refractivity contribution >= 4 is 12.0 Å². The highest BCUT2D eigenvalue weighted by molar-refractivity contribution is 5.85. The molecule has 6 heteroatoms. The van der Waals surface area contributed by atoms with Crippen molar-refractivity contribution in [3.8, 4) is 5.75 Å². The third-order valence-electron chi connectivity index (χ3n) is 3.87. The fourth-order valence-electron chi connectivity index (χ4n) is 2.54. The summed E-state index contributed by atoms with van der Waals surface area (Å²) in [6.07, 6.45) is 1.65. The van der Waals surface area contributed by atoms with Crippen molar-refractivity contribution < 1.29 is 19.4 Å². The molecule has 138 valence electrons. The van der Waals surface area contributed by atoms with Crippen LogP contribution in [0.2, 0.25) is 0 Å². The van der Waals surface area contributed by atoms with E-state index in [1.54, 1.807) is 50.8 Å². The van der Waals surface area contributed by atoms with Crippen molar-refractivity contribution in [2.24, 2.45) is 5.92 Å². The highest BCUT2D eigenvalue weighted by atomic mass is 16.6.